The molecule has 0 atom stereocenters. The van der Waals surface area contributed by atoms with Gasteiger partial charge in [-0.05, 0) is 55.5 Å². The molecule has 162 valence electrons. The summed E-state index contributed by atoms with van der Waals surface area (Å²) in [6.07, 6.45) is 6.19. The Kier molecular flexibility index (Phi) is 5.75. The average Bonchev–Trinajstić information content (AvgIpc) is 3.42. The number of carbonyl (C=O) groups is 1. The van der Waals surface area contributed by atoms with Crippen LogP contribution in [0.5, 0.6) is 0 Å². The van der Waals surface area contributed by atoms with Crippen LogP contribution in [0.15, 0.2) is 52.5 Å². The first-order valence-corrected chi connectivity index (χ1v) is 12.2. The maximum absolute atomic E-state index is 12.8. The van der Waals surface area contributed by atoms with E-state index in [2.05, 4.69) is 26.3 Å². The molecule has 0 saturated carbocycles. The second kappa shape index (κ2) is 8.84. The van der Waals surface area contributed by atoms with Crippen molar-refractivity contribution >= 4 is 44.4 Å². The highest BCUT2D eigenvalue weighted by molar-refractivity contribution is 8.00. The molecule has 3 aromatic heterocycles. The highest BCUT2D eigenvalue weighted by atomic mass is 32.2. The summed E-state index contributed by atoms with van der Waals surface area (Å²) in [5.74, 6) is 0.0272. The maximum atomic E-state index is 12.8. The lowest BCUT2D eigenvalue weighted by Gasteiger charge is -2.14. The van der Waals surface area contributed by atoms with Gasteiger partial charge >= 0.3 is 5.69 Å². The summed E-state index contributed by atoms with van der Waals surface area (Å²) in [4.78, 5) is 38.2. The van der Waals surface area contributed by atoms with Crippen molar-refractivity contribution in [3.05, 3.63) is 75.6 Å². The molecule has 0 fully saturated rings. The molecule has 0 radical (unpaired) electrons. The maximum Gasteiger partial charge on any atom is 0.349 e. The number of anilines is 1. The summed E-state index contributed by atoms with van der Waals surface area (Å²) in [6.45, 7) is 2.49. The molecule has 0 saturated heterocycles. The second-order valence-corrected chi connectivity index (χ2v) is 9.75. The number of benzene rings is 1. The third-order valence-corrected chi connectivity index (χ3v) is 7.35. The molecule has 9 heteroatoms. The number of nitrogens with one attached hydrogen (secondary N) is 1. The van der Waals surface area contributed by atoms with Crippen molar-refractivity contribution in [3.63, 3.8) is 0 Å². The number of carbonyl (C=O) groups excluding carboxylic acids is 1. The van der Waals surface area contributed by atoms with Crippen LogP contribution in [0.25, 0.3) is 10.2 Å². The molecule has 1 aromatic carbocycles. The predicted octanol–water partition coefficient (Wildman–Crippen LogP) is 3.82. The largest absolute Gasteiger partial charge is 0.349 e. The number of thiazole rings is 1. The lowest BCUT2D eigenvalue weighted by Crippen LogP contribution is -2.28. The normalized spacial score (nSPS) is 12.8. The molecule has 4 aromatic rings. The van der Waals surface area contributed by atoms with E-state index in [1.165, 1.54) is 23.1 Å². The van der Waals surface area contributed by atoms with Crippen LogP contribution in [0.2, 0.25) is 0 Å². The Morgan fingerprint density at radius 2 is 2.16 bits per heavy atom. The first kappa shape index (κ1) is 20.8. The molecule has 1 aliphatic carbocycles. The zero-order valence-electron chi connectivity index (χ0n) is 17.5. The van der Waals surface area contributed by atoms with Crippen molar-refractivity contribution in [3.8, 4) is 0 Å². The van der Waals surface area contributed by atoms with Crippen LogP contribution in [0, 0.1) is 6.92 Å². The summed E-state index contributed by atoms with van der Waals surface area (Å²) >= 11 is 2.78. The van der Waals surface area contributed by atoms with Gasteiger partial charge in [0.05, 0.1) is 22.5 Å². The van der Waals surface area contributed by atoms with E-state index in [1.807, 2.05) is 31.2 Å². The van der Waals surface area contributed by atoms with Gasteiger partial charge in [0.15, 0.2) is 5.13 Å². The minimum atomic E-state index is -0.279. The van der Waals surface area contributed by atoms with Gasteiger partial charge < -0.3 is 5.32 Å². The molecule has 1 aliphatic rings. The van der Waals surface area contributed by atoms with E-state index in [1.54, 1.807) is 17.0 Å². The minimum Gasteiger partial charge on any atom is -0.301 e. The number of amides is 1. The Hall–Kier alpha value is -3.04. The zero-order chi connectivity index (χ0) is 22.1. The average molecular weight is 464 g/mol. The Bertz CT molecular complexity index is 1360. The van der Waals surface area contributed by atoms with Crippen molar-refractivity contribution in [1.82, 2.24) is 19.5 Å². The molecule has 3 heterocycles. The molecule has 7 nitrogen and oxygen atoms in total. The fourth-order valence-electron chi connectivity index (χ4n) is 3.92. The molecule has 32 heavy (non-hydrogen) atoms. The third-order valence-electron chi connectivity index (χ3n) is 5.39. The van der Waals surface area contributed by atoms with Gasteiger partial charge in [-0.2, -0.15) is 4.98 Å². The van der Waals surface area contributed by atoms with Crippen molar-refractivity contribution in [2.45, 2.75) is 37.8 Å². The number of aromatic nitrogens is 4. The Labute approximate surface area is 193 Å². The molecular formula is C23H21N5O2S2. The molecule has 0 spiro atoms. The number of pyridine rings is 1. The zero-order valence-corrected chi connectivity index (χ0v) is 19.1. The Balaban J connectivity index is 1.31. The predicted molar refractivity (Wildman–Crippen MR) is 128 cm³/mol. The van der Waals surface area contributed by atoms with Crippen LogP contribution in [0.3, 0.4) is 0 Å². The van der Waals surface area contributed by atoms with Crippen LogP contribution in [0.4, 0.5) is 5.13 Å². The van der Waals surface area contributed by atoms with Gasteiger partial charge in [-0.25, -0.2) is 9.78 Å². The van der Waals surface area contributed by atoms with Gasteiger partial charge in [0.25, 0.3) is 0 Å². The van der Waals surface area contributed by atoms with E-state index in [9.17, 15) is 9.59 Å². The molecule has 0 unspecified atom stereocenters. The highest BCUT2D eigenvalue weighted by Crippen LogP contribution is 2.30. The Morgan fingerprint density at radius 1 is 1.25 bits per heavy atom. The van der Waals surface area contributed by atoms with E-state index in [4.69, 9.17) is 0 Å². The minimum absolute atomic E-state index is 0.154. The number of aryl methyl sites for hydroxylation is 1. The first-order chi connectivity index (χ1) is 15.6. The lowest BCUT2D eigenvalue weighted by atomic mass is 10.2. The van der Waals surface area contributed by atoms with Gasteiger partial charge in [0.2, 0.25) is 5.91 Å². The second-order valence-electron chi connectivity index (χ2n) is 7.75. The quantitative estimate of drug-likeness (QED) is 0.345. The van der Waals surface area contributed by atoms with E-state index in [0.717, 1.165) is 51.9 Å². The first-order valence-electron chi connectivity index (χ1n) is 10.4. The number of fused-ring (bicyclic) bond motifs is 2. The van der Waals surface area contributed by atoms with Crippen LogP contribution in [0.1, 0.15) is 28.8 Å². The van der Waals surface area contributed by atoms with Crippen LogP contribution >= 0.6 is 23.1 Å². The van der Waals surface area contributed by atoms with Crippen molar-refractivity contribution < 1.29 is 4.79 Å². The highest BCUT2D eigenvalue weighted by Gasteiger charge is 2.23. The van der Waals surface area contributed by atoms with Gasteiger partial charge in [0, 0.05) is 23.7 Å². The van der Waals surface area contributed by atoms with Crippen molar-refractivity contribution in [2.24, 2.45) is 0 Å². The van der Waals surface area contributed by atoms with E-state index < -0.39 is 0 Å². The van der Waals surface area contributed by atoms with Gasteiger partial charge in [-0.1, -0.05) is 35.2 Å². The number of hydrogen-bond donors (Lipinski definition) is 1. The number of hydrogen-bond acceptors (Lipinski definition) is 7. The topological polar surface area (TPSA) is 89.8 Å². The summed E-state index contributed by atoms with van der Waals surface area (Å²) in [7, 11) is 0. The van der Waals surface area contributed by atoms with Gasteiger partial charge in [-0.3, -0.25) is 14.3 Å². The fraction of sp³-hybridized carbons (Fsp3) is 0.261. The summed E-state index contributed by atoms with van der Waals surface area (Å²) < 4.78 is 2.79. The Morgan fingerprint density at radius 3 is 3.00 bits per heavy atom. The summed E-state index contributed by atoms with van der Waals surface area (Å²) in [6, 6.07) is 9.84. The van der Waals surface area contributed by atoms with Crippen LogP contribution in [-0.4, -0.2) is 31.2 Å². The van der Waals surface area contributed by atoms with E-state index in [0.29, 0.717) is 16.7 Å². The van der Waals surface area contributed by atoms with Gasteiger partial charge in [-0.15, -0.1) is 0 Å². The third kappa shape index (κ3) is 4.31. The molecule has 5 rings (SSSR count). The smallest absolute Gasteiger partial charge is 0.301 e. The fourth-order valence-corrected chi connectivity index (χ4v) is 5.77. The monoisotopic (exact) mass is 463 g/mol. The summed E-state index contributed by atoms with van der Waals surface area (Å²) in [5, 5.41) is 4.13. The lowest BCUT2D eigenvalue weighted by molar-refractivity contribution is -0.113. The van der Waals surface area contributed by atoms with Crippen LogP contribution in [-0.2, 0) is 24.2 Å². The van der Waals surface area contributed by atoms with Crippen LogP contribution < -0.4 is 11.0 Å². The van der Waals surface area contributed by atoms with Crippen molar-refractivity contribution in [1.29, 1.82) is 0 Å². The molecule has 0 bridgehead atoms. The standard InChI is InChI=1S/C23H21N5O2S2/c1-14-7-8-17-19(10-14)32-22(25-17)26-20(29)13-31-21-16-5-2-6-18(16)28(23(30)27-21)12-15-4-3-9-24-11-15/h3-4,7-11H,2,5-6,12-13H2,1H3,(H,25,26,29). The molecule has 0 aliphatic heterocycles. The number of nitrogens with zero attached hydrogens (tertiary/aromatic N) is 4. The number of rotatable bonds is 6. The van der Waals surface area contributed by atoms with E-state index in [-0.39, 0.29) is 17.3 Å². The SMILES string of the molecule is Cc1ccc2nc(NC(=O)CSc3nc(=O)n(Cc4cccnc4)c4c3CCC4)sc2c1. The van der Waals surface area contributed by atoms with E-state index >= 15 is 0 Å². The molecule has 1 amide bonds. The molecular weight excluding hydrogens is 442 g/mol. The van der Waals surface area contributed by atoms with Gasteiger partial charge in [0.1, 0.15) is 5.03 Å². The molecule has 1 N–H and O–H groups in total. The number of thioether (sulfide) groups is 1. The summed E-state index contributed by atoms with van der Waals surface area (Å²) in [5.41, 5.74) is 4.84. The van der Waals surface area contributed by atoms with Crippen molar-refractivity contribution in [2.75, 3.05) is 11.1 Å².